The molecule has 0 aliphatic heterocycles. The van der Waals surface area contributed by atoms with Crippen molar-refractivity contribution in [1.82, 2.24) is 9.13 Å². The highest BCUT2D eigenvalue weighted by atomic mass is 16.5. The number of imidazole rings is 2. The van der Waals surface area contributed by atoms with Gasteiger partial charge in [-0.3, -0.25) is 0 Å². The van der Waals surface area contributed by atoms with Gasteiger partial charge in [0.05, 0.1) is 105 Å². The third kappa shape index (κ3) is 43.9. The Morgan fingerprint density at radius 3 is 0.415 bits per heavy atom. The highest BCUT2D eigenvalue weighted by molar-refractivity contribution is 6.28. The first-order valence-electron chi connectivity index (χ1n) is 61.4. The molecule has 0 fully saturated rings. The minimum atomic E-state index is 0.652. The first kappa shape index (κ1) is 120. The molecule has 2 heterocycles. The molecule has 0 unspecified atom stereocenters. The topological polar surface area (TPSA) is 128 Å². The highest BCUT2D eigenvalue weighted by Gasteiger charge is 2.26. The monoisotopic (exact) mass is 2030 g/mol. The molecule has 147 heavy (non-hydrogen) atoms. The molecule has 0 saturated carbocycles. The summed E-state index contributed by atoms with van der Waals surface area (Å²) in [6.45, 7) is 34.9. The van der Waals surface area contributed by atoms with Gasteiger partial charge in [0.25, 0.3) is 0 Å². The number of fused-ring (bicyclic) bond motifs is 12. The number of ether oxygens (including phenoxy) is 12. The number of rotatable bonds is 94. The second kappa shape index (κ2) is 75.1. The fourth-order valence-electron chi connectivity index (χ4n) is 20.7. The van der Waals surface area contributed by atoms with E-state index in [9.17, 15) is 0 Å². The minimum Gasteiger partial charge on any atom is -0.490 e. The smallest absolute Gasteiger partial charge is 0.243 e. The van der Waals surface area contributed by atoms with Crippen LogP contribution in [0.2, 0.25) is 0 Å². The van der Waals surface area contributed by atoms with Crippen molar-refractivity contribution in [2.75, 3.05) is 79.3 Å². The number of aromatic nitrogens is 4. The van der Waals surface area contributed by atoms with Gasteiger partial charge in [0, 0.05) is 0 Å². The molecule has 2 aromatic heterocycles. The van der Waals surface area contributed by atoms with Crippen LogP contribution in [0.1, 0.15) is 474 Å². The summed E-state index contributed by atoms with van der Waals surface area (Å²) >= 11 is 0. The molecule has 0 N–H and O–H groups in total. The van der Waals surface area contributed by atoms with Gasteiger partial charge in [0.2, 0.25) is 12.7 Å². The van der Waals surface area contributed by atoms with E-state index in [1.807, 2.05) is 0 Å². The van der Waals surface area contributed by atoms with Crippen molar-refractivity contribution in [3.8, 4) is 69.0 Å². The molecule has 16 nitrogen and oxygen atoms in total. The number of benzene rings is 8. The van der Waals surface area contributed by atoms with Crippen LogP contribution < -0.4 is 66.0 Å². The largest absolute Gasteiger partial charge is 0.490 e. The van der Waals surface area contributed by atoms with Crippen molar-refractivity contribution in [1.29, 1.82) is 0 Å². The van der Waals surface area contributed by atoms with Gasteiger partial charge in [-0.2, -0.15) is 0 Å². The average molecular weight is 2030 g/mol. The van der Waals surface area contributed by atoms with Gasteiger partial charge < -0.3 is 56.8 Å². The SMILES string of the molecule is CCCCCCOc1cc2c3cc(OCCCCCC)c(OCCCCCC)cc3c3cc(OCCCCCCCCCCCCn4cc[n+](CCCCC[n+]5ccn(CCCCCCCCCCCCOc6cc7c8cc(OCCCCCC)c(OCCCCCC)cc8c8cc(OCCCCCC)c(OCCCCCC)cc8c7cc6OCCCCCC)c5)c4)c(OCCCCCC)cc3c2cc1OCCCCCC. The van der Waals surface area contributed by atoms with Crippen molar-refractivity contribution >= 4 is 64.6 Å². The zero-order valence-corrected chi connectivity index (χ0v) is 94.9. The average Bonchev–Trinajstić information content (AvgIpc) is 0.871. The van der Waals surface area contributed by atoms with Crippen LogP contribution in [0.4, 0.5) is 0 Å². The normalized spacial score (nSPS) is 11.7. The van der Waals surface area contributed by atoms with E-state index in [1.54, 1.807) is 0 Å². The zero-order valence-electron chi connectivity index (χ0n) is 94.9. The van der Waals surface area contributed by atoms with Crippen molar-refractivity contribution in [3.05, 3.63) is 110 Å². The molecule has 0 aliphatic carbocycles. The maximum Gasteiger partial charge on any atom is 0.243 e. The van der Waals surface area contributed by atoms with Crippen LogP contribution in [0.5, 0.6) is 69.0 Å². The molecule has 0 saturated heterocycles. The summed E-state index contributed by atoms with van der Waals surface area (Å²) in [6.07, 6.45) is 88.0. The van der Waals surface area contributed by atoms with E-state index in [1.165, 1.54) is 250 Å². The van der Waals surface area contributed by atoms with Crippen molar-refractivity contribution in [3.63, 3.8) is 0 Å². The maximum atomic E-state index is 6.92. The first-order chi connectivity index (χ1) is 72.7. The highest BCUT2D eigenvalue weighted by Crippen LogP contribution is 2.51. The third-order valence-electron chi connectivity index (χ3n) is 29.8. The van der Waals surface area contributed by atoms with E-state index in [0.29, 0.717) is 79.3 Å². The summed E-state index contributed by atoms with van der Waals surface area (Å²) in [5, 5.41) is 13.4. The summed E-state index contributed by atoms with van der Waals surface area (Å²) < 4.78 is 91.3. The van der Waals surface area contributed by atoms with Crippen LogP contribution in [-0.4, -0.2) is 88.4 Å². The summed E-state index contributed by atoms with van der Waals surface area (Å²) in [6, 6.07) is 27.2. The molecule has 0 aliphatic rings. The minimum absolute atomic E-state index is 0.652. The van der Waals surface area contributed by atoms with Gasteiger partial charge in [-0.05, 0) is 259 Å². The van der Waals surface area contributed by atoms with E-state index in [4.69, 9.17) is 56.8 Å². The number of aryl methyl sites for hydroxylation is 4. The second-order valence-corrected chi connectivity index (χ2v) is 42.8. The van der Waals surface area contributed by atoms with Gasteiger partial charge in [0.1, 0.15) is 24.8 Å². The molecule has 0 spiro atoms. The van der Waals surface area contributed by atoms with Gasteiger partial charge in [0.15, 0.2) is 69.0 Å². The van der Waals surface area contributed by atoms with E-state index in [-0.39, 0.29) is 0 Å². The standard InChI is InChI=1S/C131H206N4O12/c1-11-21-31-62-82-136-120-94-108-110-96-122(138-84-64-33-23-13-3)126(142-88-68-37-27-17-7)100-114(110)118-104-130(128(144-90-70-39-29-19-9)102-116(118)112(108)98-124(120)140-86-66-35-25-15-5)146-92-72-55-51-47-43-41-45-49-53-58-74-132-78-80-134(106-132)76-60-57-61-77-135-81-79-133(107-135)75-59-54-50-46-42-44-48-52-56-73-93-147-131-105-119-115-101-127(143-89-69-38-28-18-8)123(139-85-65-34-24-14-4)97-111(115)109-95-121(137-83-63-32-22-12-2)125(141-87-67-36-26-16-6)99-113(109)117(119)103-129(131)145-91-71-40-30-20-10/h78-81,94-107H,11-77,82-93H2,1-10H3/q+2. The van der Waals surface area contributed by atoms with Gasteiger partial charge in [-0.1, -0.05) is 352 Å². The fourth-order valence-corrected chi connectivity index (χ4v) is 20.7. The summed E-state index contributed by atoms with van der Waals surface area (Å²) in [7, 11) is 0. The Morgan fingerprint density at radius 2 is 0.272 bits per heavy atom. The molecule has 0 amide bonds. The lowest BCUT2D eigenvalue weighted by Crippen LogP contribution is -2.32. The van der Waals surface area contributed by atoms with Crippen LogP contribution in [0.3, 0.4) is 0 Å². The van der Waals surface area contributed by atoms with Gasteiger partial charge >= 0.3 is 0 Å². The molecule has 16 heteroatoms. The Morgan fingerprint density at radius 1 is 0.150 bits per heavy atom. The summed E-state index contributed by atoms with van der Waals surface area (Å²) in [5.74, 6) is 9.76. The molecule has 8 aromatic carbocycles. The second-order valence-electron chi connectivity index (χ2n) is 42.8. The van der Waals surface area contributed by atoms with E-state index in [0.717, 1.165) is 314 Å². The zero-order chi connectivity index (χ0) is 103. The van der Waals surface area contributed by atoms with E-state index >= 15 is 0 Å². The molecule has 0 radical (unpaired) electrons. The lowest BCUT2D eigenvalue weighted by atomic mass is 9.93. The van der Waals surface area contributed by atoms with Crippen molar-refractivity contribution < 1.29 is 66.0 Å². The number of unbranched alkanes of at least 4 members (excludes halogenated alkanes) is 50. The van der Waals surface area contributed by atoms with Gasteiger partial charge in [-0.15, -0.1) is 0 Å². The van der Waals surface area contributed by atoms with Crippen LogP contribution in [0.15, 0.2) is 110 Å². The Balaban J connectivity index is 0.623. The Bertz CT molecular complexity index is 4730. The molecule has 10 rings (SSSR count). The van der Waals surface area contributed by atoms with Crippen LogP contribution in [-0.2, 0) is 26.2 Å². The van der Waals surface area contributed by atoms with Crippen LogP contribution >= 0.6 is 0 Å². The Kier molecular flexibility index (Phi) is 61.4. The molecule has 0 bridgehead atoms. The lowest BCUT2D eigenvalue weighted by Gasteiger charge is -2.21. The number of hydrogen-bond donors (Lipinski definition) is 0. The third-order valence-corrected chi connectivity index (χ3v) is 29.8. The maximum absolute atomic E-state index is 6.92. The number of hydrogen-bond acceptors (Lipinski definition) is 12. The van der Waals surface area contributed by atoms with Crippen LogP contribution in [0, 0.1) is 0 Å². The Labute approximate surface area is 892 Å². The quantitative estimate of drug-likeness (QED) is 0.0204. The molecule has 0 atom stereocenters. The molecule has 820 valence electrons. The van der Waals surface area contributed by atoms with Crippen LogP contribution in [0.25, 0.3) is 64.6 Å². The van der Waals surface area contributed by atoms with E-state index < -0.39 is 0 Å². The fraction of sp³-hybridized carbons (Fsp3) is 0.679. The summed E-state index contributed by atoms with van der Waals surface area (Å²) in [5.41, 5.74) is 0. The molecular formula is C131H206N4O12+2. The van der Waals surface area contributed by atoms with Crippen molar-refractivity contribution in [2.24, 2.45) is 0 Å². The predicted molar refractivity (Wildman–Crippen MR) is 621 cm³/mol. The lowest BCUT2D eigenvalue weighted by molar-refractivity contribution is -0.700. The Hall–Kier alpha value is -8.66. The van der Waals surface area contributed by atoms with Crippen molar-refractivity contribution in [2.45, 2.75) is 500 Å². The first-order valence-corrected chi connectivity index (χ1v) is 61.4. The van der Waals surface area contributed by atoms with E-state index in [2.05, 4.69) is 198 Å². The van der Waals surface area contributed by atoms with Gasteiger partial charge in [-0.25, -0.2) is 18.3 Å². The molecular weight excluding hydrogens is 1820 g/mol. The predicted octanol–water partition coefficient (Wildman–Crippen LogP) is 38.2. The number of nitrogens with zero attached hydrogens (tertiary/aromatic N) is 4. The summed E-state index contributed by atoms with van der Waals surface area (Å²) in [4.78, 5) is 0. The molecule has 10 aromatic rings.